The van der Waals surface area contributed by atoms with Crippen LogP contribution in [0.2, 0.25) is 0 Å². The summed E-state index contributed by atoms with van der Waals surface area (Å²) in [6, 6.07) is 0. The van der Waals surface area contributed by atoms with Crippen LogP contribution in [-0.2, 0) is 61.9 Å². The highest BCUT2D eigenvalue weighted by molar-refractivity contribution is 5.88. The van der Waals surface area contributed by atoms with Gasteiger partial charge in [0.2, 0.25) is 0 Å². The van der Waals surface area contributed by atoms with Gasteiger partial charge in [0.25, 0.3) is 0 Å². The summed E-state index contributed by atoms with van der Waals surface area (Å²) in [6.07, 6.45) is -17.2. The number of ether oxygens (including phenoxy) is 8. The Morgan fingerprint density at radius 1 is 0.827 bits per heavy atom. The maximum absolute atomic E-state index is 14.5. The number of allylic oxidation sites excluding steroid dienone is 2. The van der Waals surface area contributed by atoms with Crippen molar-refractivity contribution < 1.29 is 103 Å². The zero-order chi connectivity index (χ0) is 55.9. The number of esters is 4. The fourth-order valence-corrected chi connectivity index (χ4v) is 15.2. The number of carboxylic acids is 1. The Morgan fingerprint density at radius 2 is 1.49 bits per heavy atom. The molecular formula is C54H82O21. The van der Waals surface area contributed by atoms with Crippen LogP contribution in [0, 0.1) is 56.2 Å². The molecule has 5 aliphatic carbocycles. The van der Waals surface area contributed by atoms with Crippen LogP contribution in [-0.4, -0.2) is 177 Å². The van der Waals surface area contributed by atoms with Gasteiger partial charge < -0.3 is 78.7 Å². The quantitative estimate of drug-likeness (QED) is 0.0431. The number of methoxy groups -OCH3 is 1. The molecule has 75 heavy (non-hydrogen) atoms. The molecule has 7 aliphatic rings. The second-order valence-corrected chi connectivity index (χ2v) is 24.2. The van der Waals surface area contributed by atoms with Crippen molar-refractivity contribution in [2.45, 2.75) is 207 Å². The average molecular weight is 1070 g/mol. The lowest BCUT2D eigenvalue weighted by atomic mass is 9.32. The van der Waals surface area contributed by atoms with E-state index in [2.05, 4.69) is 19.9 Å². The number of carboxylic acid groups (broad SMARTS) is 1. The molecule has 23 atom stereocenters. The molecule has 0 aromatic rings. The van der Waals surface area contributed by atoms with Gasteiger partial charge in [-0.05, 0) is 94.3 Å². The molecule has 0 aromatic carbocycles. The van der Waals surface area contributed by atoms with Gasteiger partial charge in [-0.3, -0.25) is 14.4 Å². The third kappa shape index (κ3) is 9.18. The number of aliphatic carboxylic acids is 1. The third-order valence-corrected chi connectivity index (χ3v) is 20.0. The first-order valence-corrected chi connectivity index (χ1v) is 26.4. The molecule has 2 saturated heterocycles. The molecule has 6 fully saturated rings. The minimum atomic E-state index is -2.05. The van der Waals surface area contributed by atoms with Gasteiger partial charge in [-0.15, -0.1) is 0 Å². The molecule has 424 valence electrons. The molecule has 7 rings (SSSR count). The number of hydrogen-bond donors (Lipinski definition) is 8. The highest BCUT2D eigenvalue weighted by Crippen LogP contribution is 2.76. The molecule has 5 unspecified atom stereocenters. The van der Waals surface area contributed by atoms with E-state index in [1.807, 2.05) is 27.7 Å². The van der Waals surface area contributed by atoms with Crippen molar-refractivity contribution in [2.75, 3.05) is 20.3 Å². The summed E-state index contributed by atoms with van der Waals surface area (Å²) >= 11 is 0. The number of carbonyl (C=O) groups excluding carboxylic acids is 4. The van der Waals surface area contributed by atoms with Crippen molar-refractivity contribution in [1.82, 2.24) is 0 Å². The van der Waals surface area contributed by atoms with Crippen LogP contribution in [0.4, 0.5) is 0 Å². The Labute approximate surface area is 438 Å². The first-order chi connectivity index (χ1) is 34.9. The fourth-order valence-electron chi connectivity index (χ4n) is 15.2. The molecule has 0 bridgehead atoms. The Bertz CT molecular complexity index is 2250. The second kappa shape index (κ2) is 21.2. The summed E-state index contributed by atoms with van der Waals surface area (Å²) in [5.74, 6) is -6.48. The van der Waals surface area contributed by atoms with Gasteiger partial charge in [-0.1, -0.05) is 66.2 Å². The highest BCUT2D eigenvalue weighted by atomic mass is 16.7. The molecule has 8 N–H and O–H groups in total. The summed E-state index contributed by atoms with van der Waals surface area (Å²) in [5, 5.41) is 89.4. The molecule has 2 aliphatic heterocycles. The van der Waals surface area contributed by atoms with Crippen molar-refractivity contribution in [3.8, 4) is 0 Å². The van der Waals surface area contributed by atoms with Gasteiger partial charge in [0.15, 0.2) is 24.8 Å². The average Bonchev–Trinajstić information content (AvgIpc) is 3.35. The smallest absolute Gasteiger partial charge is 0.335 e. The summed E-state index contributed by atoms with van der Waals surface area (Å²) in [6.45, 7) is 18.4. The van der Waals surface area contributed by atoms with E-state index in [-0.39, 0.29) is 18.8 Å². The summed E-state index contributed by atoms with van der Waals surface area (Å²) in [7, 11) is 1.24. The van der Waals surface area contributed by atoms with E-state index in [9.17, 15) is 64.8 Å². The number of carbonyl (C=O) groups is 5. The summed E-state index contributed by atoms with van der Waals surface area (Å²) in [5.41, 5.74) is -5.87. The van der Waals surface area contributed by atoms with Crippen molar-refractivity contribution in [2.24, 2.45) is 56.2 Å². The third-order valence-electron chi connectivity index (χ3n) is 20.0. The summed E-state index contributed by atoms with van der Waals surface area (Å²) < 4.78 is 47.9. The Morgan fingerprint density at radius 3 is 2.08 bits per heavy atom. The first kappa shape index (κ1) is 59.1. The van der Waals surface area contributed by atoms with E-state index in [1.165, 1.54) is 14.0 Å². The van der Waals surface area contributed by atoms with Gasteiger partial charge in [0.1, 0.15) is 54.9 Å². The number of rotatable bonds is 13. The van der Waals surface area contributed by atoms with Crippen molar-refractivity contribution in [3.63, 3.8) is 0 Å². The minimum Gasteiger partial charge on any atom is -0.479 e. The Balaban J connectivity index is 1.29. The van der Waals surface area contributed by atoms with Gasteiger partial charge in [-0.25, -0.2) is 9.59 Å². The van der Waals surface area contributed by atoms with Crippen LogP contribution in [0.1, 0.15) is 121 Å². The maximum Gasteiger partial charge on any atom is 0.335 e. The maximum atomic E-state index is 14.5. The predicted molar refractivity (Wildman–Crippen MR) is 260 cm³/mol. The number of fused-ring (bicyclic) bond motifs is 7. The zero-order valence-corrected chi connectivity index (χ0v) is 45.3. The molecule has 0 aromatic heterocycles. The predicted octanol–water partition coefficient (Wildman–Crippen LogP) is 2.24. The van der Waals surface area contributed by atoms with Crippen LogP contribution in [0.3, 0.4) is 0 Å². The number of hydrogen-bond acceptors (Lipinski definition) is 20. The van der Waals surface area contributed by atoms with Crippen molar-refractivity contribution >= 4 is 29.8 Å². The molecule has 4 saturated carbocycles. The lowest BCUT2D eigenvalue weighted by Gasteiger charge is -2.73. The van der Waals surface area contributed by atoms with E-state index in [0.717, 1.165) is 5.57 Å². The van der Waals surface area contributed by atoms with Crippen LogP contribution in [0.5, 0.6) is 0 Å². The summed E-state index contributed by atoms with van der Waals surface area (Å²) in [4.78, 5) is 68.2. The van der Waals surface area contributed by atoms with Gasteiger partial charge >= 0.3 is 29.8 Å². The molecule has 2 heterocycles. The molecule has 21 heteroatoms. The molecule has 21 nitrogen and oxygen atoms in total. The van der Waals surface area contributed by atoms with Gasteiger partial charge in [0, 0.05) is 23.3 Å². The van der Waals surface area contributed by atoms with Crippen LogP contribution >= 0.6 is 0 Å². The van der Waals surface area contributed by atoms with Crippen molar-refractivity contribution in [1.29, 1.82) is 0 Å². The molecule has 0 amide bonds. The number of aliphatic hydroxyl groups excluding tert-OH is 7. The Kier molecular flexibility index (Phi) is 16.7. The number of aliphatic hydroxyl groups is 7. The lowest BCUT2D eigenvalue weighted by molar-refractivity contribution is -0.357. The van der Waals surface area contributed by atoms with E-state index < -0.39 is 179 Å². The zero-order valence-electron chi connectivity index (χ0n) is 45.3. The van der Waals surface area contributed by atoms with E-state index in [0.29, 0.717) is 37.7 Å². The largest absolute Gasteiger partial charge is 0.479 e. The van der Waals surface area contributed by atoms with Crippen LogP contribution < -0.4 is 0 Å². The Hall–Kier alpha value is -3.61. The normalized spacial score (nSPS) is 46.7. The standard InChI is InChI=1S/C54H82O21/c1-13-24(3)44(65)74-41-42(75-45(66)25(4)14-2)54(23-55)28(21-49(41,6)7)27-15-16-30-50(8)19-18-32(52(10,48(67)68-12)31(50)17-20-51(30,9)53(27,11)39(62)40(54)70-26(5)56)71-47-36(61)37(35(60)38(73-47)43(63)64)72-46-34(59)33(58)29(57)22-69-46/h13,15,25,28-42,46-47,55,57-62H,14,16-23H2,1-12H3,(H,63,64)/b24-13-/t25?,28?,29-,30?,31?,32?,33-,34+,35-,36+,37-,38-,39-,40+,41-,42-,46-,47+,50+,51+,52-,53-,54-/m0/s1. The van der Waals surface area contributed by atoms with E-state index >= 15 is 0 Å². The monoisotopic (exact) mass is 1070 g/mol. The van der Waals surface area contributed by atoms with Crippen molar-refractivity contribution in [3.05, 3.63) is 23.3 Å². The van der Waals surface area contributed by atoms with Crippen LogP contribution in [0.15, 0.2) is 23.3 Å². The SMILES string of the molecule is C/C=C(/C)C(=O)O[C@H]1[C@H](OC(=O)C(C)CC)[C@@]2(CO)C(CC1(C)C)C1=CCC3[C@@]4(C)CCC(O[C@@H]5O[C@H](C(=O)O)[C@@H](O)[C@H](O[C@@H]6OC[C@H](O)[C@H](O)[C@H]6O)[C@H]5O)[C@@](C)(C(=O)OC)C4CC[C@@]3(C)[C@]1(C)[C@@H](O)[C@H]2OC(C)=O. The van der Waals surface area contributed by atoms with E-state index in [4.69, 9.17) is 37.9 Å². The van der Waals surface area contributed by atoms with Gasteiger partial charge in [0.05, 0.1) is 43.2 Å². The second-order valence-electron chi connectivity index (χ2n) is 24.2. The fraction of sp³-hybridized carbons (Fsp3) is 0.833. The molecule has 0 radical (unpaired) electrons. The topological polar surface area (TPSA) is 321 Å². The first-order valence-electron chi connectivity index (χ1n) is 26.4. The van der Waals surface area contributed by atoms with Gasteiger partial charge in [-0.2, -0.15) is 0 Å². The lowest BCUT2D eigenvalue weighted by Crippen LogP contribution is -2.77. The minimum absolute atomic E-state index is 0.129. The van der Waals surface area contributed by atoms with E-state index in [1.54, 1.807) is 33.8 Å². The van der Waals surface area contributed by atoms with Crippen LogP contribution in [0.25, 0.3) is 0 Å². The molecule has 0 spiro atoms. The molecular weight excluding hydrogens is 985 g/mol. The highest BCUT2D eigenvalue weighted by Gasteiger charge is 2.78.